The van der Waals surface area contributed by atoms with Gasteiger partial charge in [0, 0.05) is 23.2 Å². The Balaban J connectivity index is 2.57. The highest BCUT2D eigenvalue weighted by Crippen LogP contribution is 2.28. The predicted octanol–water partition coefficient (Wildman–Crippen LogP) is 3.63. The Hall–Kier alpha value is -0.380. The molecule has 0 heterocycles. The average Bonchev–Trinajstić information content (AvgIpc) is 2.26. The van der Waals surface area contributed by atoms with Crippen LogP contribution in [0.4, 0.5) is 5.69 Å². The van der Waals surface area contributed by atoms with Gasteiger partial charge in [0.2, 0.25) is 0 Å². The van der Waals surface area contributed by atoms with Crippen LogP contribution in [-0.2, 0) is 0 Å². The lowest BCUT2D eigenvalue weighted by Crippen LogP contribution is -2.15. The highest BCUT2D eigenvalue weighted by molar-refractivity contribution is 7.98. The normalized spacial score (nSPS) is 12.5. The van der Waals surface area contributed by atoms with E-state index in [1.807, 2.05) is 24.5 Å². The van der Waals surface area contributed by atoms with E-state index in [-0.39, 0.29) is 6.61 Å². The summed E-state index contributed by atoms with van der Waals surface area (Å²) >= 11 is 7.76. The highest BCUT2D eigenvalue weighted by Gasteiger charge is 2.04. The lowest BCUT2D eigenvalue weighted by atomic mass is 10.2. The van der Waals surface area contributed by atoms with Crippen LogP contribution < -0.4 is 5.32 Å². The van der Waals surface area contributed by atoms with E-state index in [0.29, 0.717) is 6.04 Å². The van der Waals surface area contributed by atoms with Gasteiger partial charge in [-0.1, -0.05) is 11.6 Å². The van der Waals surface area contributed by atoms with Crippen molar-refractivity contribution in [2.45, 2.75) is 30.7 Å². The molecular weight excluding hydrogens is 242 g/mol. The largest absolute Gasteiger partial charge is 0.396 e. The van der Waals surface area contributed by atoms with Gasteiger partial charge < -0.3 is 10.4 Å². The molecule has 1 unspecified atom stereocenters. The molecule has 1 rings (SSSR count). The lowest BCUT2D eigenvalue weighted by Gasteiger charge is -2.15. The fourth-order valence-corrected chi connectivity index (χ4v) is 2.38. The lowest BCUT2D eigenvalue weighted by molar-refractivity contribution is 0.282. The molecule has 0 radical (unpaired) electrons. The molecule has 0 aliphatic heterocycles. The van der Waals surface area contributed by atoms with Gasteiger partial charge in [-0.25, -0.2) is 0 Å². The van der Waals surface area contributed by atoms with Crippen molar-refractivity contribution in [2.24, 2.45) is 0 Å². The van der Waals surface area contributed by atoms with Crippen LogP contribution in [0, 0.1) is 0 Å². The number of nitrogens with one attached hydrogen (secondary N) is 1. The minimum absolute atomic E-state index is 0.248. The van der Waals surface area contributed by atoms with Crippen molar-refractivity contribution < 1.29 is 5.11 Å². The van der Waals surface area contributed by atoms with E-state index in [1.54, 1.807) is 11.8 Å². The minimum atomic E-state index is 0.248. The molecule has 0 fully saturated rings. The maximum atomic E-state index is 8.74. The van der Waals surface area contributed by atoms with Gasteiger partial charge in [0.1, 0.15) is 0 Å². The first-order valence-electron chi connectivity index (χ1n) is 5.38. The molecule has 0 amide bonds. The molecule has 1 aromatic rings. The standard InChI is InChI=1S/C12H18ClNOS/c1-9(4-3-7-15)14-10-5-6-12(16-2)11(13)8-10/h5-6,8-9,14-15H,3-4,7H2,1-2H3. The van der Waals surface area contributed by atoms with Crippen LogP contribution in [0.3, 0.4) is 0 Å². The zero-order valence-corrected chi connectivity index (χ0v) is 11.2. The zero-order valence-electron chi connectivity index (χ0n) is 9.66. The van der Waals surface area contributed by atoms with Gasteiger partial charge in [-0.3, -0.25) is 0 Å². The summed E-state index contributed by atoms with van der Waals surface area (Å²) in [7, 11) is 0. The summed E-state index contributed by atoms with van der Waals surface area (Å²) in [6.07, 6.45) is 3.79. The Morgan fingerprint density at radius 2 is 2.25 bits per heavy atom. The number of hydrogen-bond acceptors (Lipinski definition) is 3. The molecule has 0 spiro atoms. The number of thioether (sulfide) groups is 1. The van der Waals surface area contributed by atoms with Crippen molar-refractivity contribution in [3.63, 3.8) is 0 Å². The number of hydrogen-bond donors (Lipinski definition) is 2. The number of halogens is 1. The van der Waals surface area contributed by atoms with Crippen LogP contribution in [0.25, 0.3) is 0 Å². The molecule has 2 N–H and O–H groups in total. The van der Waals surface area contributed by atoms with Crippen molar-refractivity contribution in [1.29, 1.82) is 0 Å². The minimum Gasteiger partial charge on any atom is -0.396 e. The summed E-state index contributed by atoms with van der Waals surface area (Å²) in [6, 6.07) is 6.35. The first kappa shape index (κ1) is 13.7. The van der Waals surface area contributed by atoms with E-state index in [2.05, 4.69) is 12.2 Å². The fraction of sp³-hybridized carbons (Fsp3) is 0.500. The number of aliphatic hydroxyl groups is 1. The van der Waals surface area contributed by atoms with Gasteiger partial charge in [-0.05, 0) is 44.2 Å². The first-order valence-corrected chi connectivity index (χ1v) is 6.98. The number of benzene rings is 1. The molecule has 0 aliphatic rings. The predicted molar refractivity (Wildman–Crippen MR) is 72.6 cm³/mol. The molecule has 0 aromatic heterocycles. The zero-order chi connectivity index (χ0) is 12.0. The summed E-state index contributed by atoms with van der Waals surface area (Å²) < 4.78 is 0. The van der Waals surface area contributed by atoms with Crippen molar-refractivity contribution in [3.05, 3.63) is 23.2 Å². The van der Waals surface area contributed by atoms with Gasteiger partial charge >= 0.3 is 0 Å². The topological polar surface area (TPSA) is 32.3 Å². The Bertz CT molecular complexity index is 333. The van der Waals surface area contributed by atoms with Crippen LogP contribution in [0.1, 0.15) is 19.8 Å². The average molecular weight is 260 g/mol. The smallest absolute Gasteiger partial charge is 0.0562 e. The third kappa shape index (κ3) is 4.24. The molecule has 4 heteroatoms. The first-order chi connectivity index (χ1) is 7.67. The van der Waals surface area contributed by atoms with Crippen LogP contribution >= 0.6 is 23.4 Å². The van der Waals surface area contributed by atoms with Crippen LogP contribution in [0.15, 0.2) is 23.1 Å². The van der Waals surface area contributed by atoms with E-state index < -0.39 is 0 Å². The van der Waals surface area contributed by atoms with Crippen molar-refractivity contribution in [2.75, 3.05) is 18.2 Å². The summed E-state index contributed by atoms with van der Waals surface area (Å²) in [6.45, 7) is 2.35. The Morgan fingerprint density at radius 1 is 1.50 bits per heavy atom. The second-order valence-corrected chi connectivity index (χ2v) is 5.02. The van der Waals surface area contributed by atoms with Crippen molar-refractivity contribution in [1.82, 2.24) is 0 Å². The number of anilines is 1. The molecule has 90 valence electrons. The monoisotopic (exact) mass is 259 g/mol. The summed E-state index contributed by atoms with van der Waals surface area (Å²) in [4.78, 5) is 1.09. The van der Waals surface area contributed by atoms with Crippen LogP contribution in [0.5, 0.6) is 0 Å². The number of aliphatic hydroxyl groups excluding tert-OH is 1. The van der Waals surface area contributed by atoms with E-state index in [9.17, 15) is 0 Å². The highest BCUT2D eigenvalue weighted by atomic mass is 35.5. The van der Waals surface area contributed by atoms with E-state index in [0.717, 1.165) is 28.4 Å². The molecule has 0 saturated heterocycles. The van der Waals surface area contributed by atoms with E-state index in [4.69, 9.17) is 16.7 Å². The van der Waals surface area contributed by atoms with Gasteiger partial charge in [-0.2, -0.15) is 0 Å². The van der Waals surface area contributed by atoms with Crippen molar-refractivity contribution >= 4 is 29.1 Å². The van der Waals surface area contributed by atoms with Gasteiger partial charge in [0.15, 0.2) is 0 Å². The molecule has 1 aromatic carbocycles. The molecule has 0 saturated carbocycles. The third-order valence-electron chi connectivity index (χ3n) is 2.36. The molecule has 2 nitrogen and oxygen atoms in total. The van der Waals surface area contributed by atoms with Gasteiger partial charge in [0.25, 0.3) is 0 Å². The second kappa shape index (κ2) is 7.05. The van der Waals surface area contributed by atoms with Crippen LogP contribution in [0.2, 0.25) is 5.02 Å². The summed E-state index contributed by atoms with van der Waals surface area (Å²) in [5, 5.41) is 12.9. The molecule has 0 aliphatic carbocycles. The maximum absolute atomic E-state index is 8.74. The Kier molecular flexibility index (Phi) is 6.03. The third-order valence-corrected chi connectivity index (χ3v) is 3.58. The molecular formula is C12H18ClNOS. The van der Waals surface area contributed by atoms with Crippen LogP contribution in [-0.4, -0.2) is 24.0 Å². The quantitative estimate of drug-likeness (QED) is 0.765. The summed E-state index contributed by atoms with van der Waals surface area (Å²) in [5.74, 6) is 0. The SMILES string of the molecule is CSc1ccc(NC(C)CCCO)cc1Cl. The Labute approximate surface area is 106 Å². The maximum Gasteiger partial charge on any atom is 0.0562 e. The van der Waals surface area contributed by atoms with E-state index in [1.165, 1.54) is 0 Å². The van der Waals surface area contributed by atoms with Crippen molar-refractivity contribution in [3.8, 4) is 0 Å². The van der Waals surface area contributed by atoms with E-state index >= 15 is 0 Å². The molecule has 1 atom stereocenters. The number of rotatable bonds is 6. The summed E-state index contributed by atoms with van der Waals surface area (Å²) in [5.41, 5.74) is 1.04. The molecule has 16 heavy (non-hydrogen) atoms. The van der Waals surface area contributed by atoms with Gasteiger partial charge in [0.05, 0.1) is 5.02 Å². The second-order valence-electron chi connectivity index (χ2n) is 3.76. The molecule has 0 bridgehead atoms. The fourth-order valence-electron chi connectivity index (χ4n) is 1.51. The Morgan fingerprint density at radius 3 is 2.81 bits per heavy atom. The van der Waals surface area contributed by atoms with Gasteiger partial charge in [-0.15, -0.1) is 11.8 Å².